The van der Waals surface area contributed by atoms with Crippen LogP contribution in [0.1, 0.15) is 44.6 Å². The van der Waals surface area contributed by atoms with Crippen LogP contribution in [0.25, 0.3) is 0 Å². The van der Waals surface area contributed by atoms with Gasteiger partial charge in [-0.1, -0.05) is 79.9 Å². The number of ether oxygens (including phenoxy) is 1. The quantitative estimate of drug-likeness (QED) is 0.252. The molecule has 0 bridgehead atoms. The molecular weight excluding hydrogens is 518 g/mol. The maximum atomic E-state index is 13.3. The number of amides is 2. The van der Waals surface area contributed by atoms with E-state index < -0.39 is 5.25 Å². The van der Waals surface area contributed by atoms with E-state index in [0.29, 0.717) is 29.0 Å². The molecule has 0 saturated carbocycles. The van der Waals surface area contributed by atoms with Gasteiger partial charge in [-0.05, 0) is 60.5 Å². The van der Waals surface area contributed by atoms with Crippen LogP contribution in [0.2, 0.25) is 5.02 Å². The first kappa shape index (κ1) is 27.7. The number of carbonyl (C=O) groups excluding carboxylic acids is 2. The summed E-state index contributed by atoms with van der Waals surface area (Å²) in [5, 5.41) is 3.48. The van der Waals surface area contributed by atoms with Crippen molar-refractivity contribution in [2.24, 2.45) is 4.99 Å². The van der Waals surface area contributed by atoms with Crippen LogP contribution in [0.4, 0.5) is 11.4 Å². The van der Waals surface area contributed by atoms with E-state index in [1.54, 1.807) is 17.0 Å². The van der Waals surface area contributed by atoms with Gasteiger partial charge in [-0.25, -0.2) is 4.99 Å². The Morgan fingerprint density at radius 2 is 1.76 bits per heavy atom. The number of anilines is 1. The Morgan fingerprint density at radius 3 is 2.47 bits per heavy atom. The topological polar surface area (TPSA) is 71.0 Å². The predicted octanol–water partition coefficient (Wildman–Crippen LogP) is 7.46. The van der Waals surface area contributed by atoms with Crippen LogP contribution >= 0.6 is 23.4 Å². The molecule has 2 amide bonds. The minimum absolute atomic E-state index is 0.0802. The van der Waals surface area contributed by atoms with Gasteiger partial charge in [0.05, 0.1) is 18.8 Å². The summed E-state index contributed by atoms with van der Waals surface area (Å²) in [6, 6.07) is 24.1. The Labute approximate surface area is 233 Å². The van der Waals surface area contributed by atoms with E-state index in [0.717, 1.165) is 29.8 Å². The molecule has 0 spiro atoms. The van der Waals surface area contributed by atoms with Crippen molar-refractivity contribution in [3.05, 3.63) is 89.4 Å². The second kappa shape index (κ2) is 14.0. The zero-order chi connectivity index (χ0) is 26.7. The molecule has 1 atom stereocenters. The fraction of sp³-hybridized carbons (Fsp3) is 0.300. The SMILES string of the molecule is CCCCCCOc1ccc(NC(=O)C2CC(=O)N(Cc3ccc(Cl)cc3)C(=Nc3ccccc3)S2)cc1. The highest BCUT2D eigenvalue weighted by Gasteiger charge is 2.36. The van der Waals surface area contributed by atoms with E-state index >= 15 is 0 Å². The van der Waals surface area contributed by atoms with Gasteiger partial charge in [0, 0.05) is 17.1 Å². The first-order valence-corrected chi connectivity index (χ1v) is 14.2. The highest BCUT2D eigenvalue weighted by atomic mass is 35.5. The molecule has 0 radical (unpaired) electrons. The largest absolute Gasteiger partial charge is 0.494 e. The number of thioether (sulfide) groups is 1. The van der Waals surface area contributed by atoms with Gasteiger partial charge >= 0.3 is 0 Å². The Hall–Kier alpha value is -3.29. The number of aliphatic imine (C=N–C) groups is 1. The summed E-state index contributed by atoms with van der Waals surface area (Å²) < 4.78 is 5.79. The number of para-hydroxylation sites is 1. The second-order valence-corrected chi connectivity index (χ2v) is 10.7. The molecule has 1 unspecified atom stereocenters. The van der Waals surface area contributed by atoms with E-state index in [4.69, 9.17) is 21.3 Å². The minimum Gasteiger partial charge on any atom is -0.494 e. The molecule has 4 rings (SSSR count). The maximum absolute atomic E-state index is 13.3. The second-order valence-electron chi connectivity index (χ2n) is 9.07. The molecule has 1 aliphatic heterocycles. The lowest BCUT2D eigenvalue weighted by molar-refractivity contribution is -0.129. The molecule has 1 aliphatic rings. The summed E-state index contributed by atoms with van der Waals surface area (Å²) in [5.74, 6) is 0.390. The number of hydrogen-bond donors (Lipinski definition) is 1. The molecule has 38 heavy (non-hydrogen) atoms. The average Bonchev–Trinajstić information content (AvgIpc) is 2.93. The average molecular weight is 550 g/mol. The van der Waals surface area contributed by atoms with Crippen molar-refractivity contribution >= 4 is 51.7 Å². The minimum atomic E-state index is -0.596. The Bertz CT molecular complexity index is 1230. The molecule has 3 aromatic carbocycles. The fourth-order valence-electron chi connectivity index (χ4n) is 3.96. The number of nitrogens with one attached hydrogen (secondary N) is 1. The summed E-state index contributed by atoms with van der Waals surface area (Å²) in [5.41, 5.74) is 2.31. The van der Waals surface area contributed by atoms with Gasteiger partial charge in [-0.15, -0.1) is 0 Å². The number of carbonyl (C=O) groups is 2. The smallest absolute Gasteiger partial charge is 0.238 e. The van der Waals surface area contributed by atoms with E-state index in [-0.39, 0.29) is 18.2 Å². The van der Waals surface area contributed by atoms with Crippen LogP contribution in [0, 0.1) is 0 Å². The van der Waals surface area contributed by atoms with Crippen LogP contribution in [0.15, 0.2) is 83.9 Å². The highest BCUT2D eigenvalue weighted by Crippen LogP contribution is 2.31. The van der Waals surface area contributed by atoms with Crippen molar-refractivity contribution in [1.82, 2.24) is 4.90 Å². The van der Waals surface area contributed by atoms with Crippen LogP contribution < -0.4 is 10.1 Å². The van der Waals surface area contributed by atoms with Gasteiger partial charge in [0.15, 0.2) is 5.17 Å². The number of hydrogen-bond acceptors (Lipinski definition) is 5. The molecule has 3 aromatic rings. The molecule has 1 fully saturated rings. The molecular formula is C30H32ClN3O3S. The molecule has 198 valence electrons. The molecule has 8 heteroatoms. The fourth-order valence-corrected chi connectivity index (χ4v) is 5.18. The van der Waals surface area contributed by atoms with Gasteiger partial charge < -0.3 is 10.1 Å². The van der Waals surface area contributed by atoms with Crippen molar-refractivity contribution in [2.45, 2.75) is 50.8 Å². The number of halogens is 1. The van der Waals surface area contributed by atoms with Crippen molar-refractivity contribution in [2.75, 3.05) is 11.9 Å². The third-order valence-corrected chi connectivity index (χ3v) is 7.50. The number of nitrogens with zero attached hydrogens (tertiary/aromatic N) is 2. The van der Waals surface area contributed by atoms with Crippen molar-refractivity contribution in [3.8, 4) is 5.75 Å². The van der Waals surface area contributed by atoms with Crippen LogP contribution in [0.3, 0.4) is 0 Å². The molecule has 1 heterocycles. The first-order valence-electron chi connectivity index (χ1n) is 12.9. The third kappa shape index (κ3) is 8.10. The van der Waals surface area contributed by atoms with Gasteiger partial charge in [-0.2, -0.15) is 0 Å². The van der Waals surface area contributed by atoms with E-state index in [2.05, 4.69) is 12.2 Å². The summed E-state index contributed by atoms with van der Waals surface area (Å²) in [6.45, 7) is 3.22. The first-order chi connectivity index (χ1) is 18.5. The lowest BCUT2D eigenvalue weighted by Crippen LogP contribution is -2.44. The zero-order valence-corrected chi connectivity index (χ0v) is 23.0. The van der Waals surface area contributed by atoms with Crippen molar-refractivity contribution in [1.29, 1.82) is 0 Å². The Balaban J connectivity index is 1.42. The Kier molecular flexibility index (Phi) is 10.2. The van der Waals surface area contributed by atoms with Crippen molar-refractivity contribution in [3.63, 3.8) is 0 Å². The van der Waals surface area contributed by atoms with E-state index in [1.807, 2.05) is 66.7 Å². The number of rotatable bonds is 11. The monoisotopic (exact) mass is 549 g/mol. The van der Waals surface area contributed by atoms with Gasteiger partial charge in [-0.3, -0.25) is 14.5 Å². The highest BCUT2D eigenvalue weighted by molar-refractivity contribution is 8.15. The number of unbranched alkanes of at least 4 members (excludes halogenated alkanes) is 3. The standard InChI is InChI=1S/C30H32ClN3O3S/c1-2-3-4-8-19-37-26-17-15-25(16-18-26)32-29(36)27-20-28(35)34(21-22-11-13-23(31)14-12-22)30(38-27)33-24-9-6-5-7-10-24/h5-7,9-18,27H,2-4,8,19-21H2,1H3,(H,32,36). The van der Waals surface area contributed by atoms with Gasteiger partial charge in [0.2, 0.25) is 11.8 Å². The summed E-state index contributed by atoms with van der Waals surface area (Å²) >= 11 is 7.33. The molecule has 6 nitrogen and oxygen atoms in total. The van der Waals surface area contributed by atoms with Gasteiger partial charge in [0.1, 0.15) is 11.0 Å². The molecule has 0 aliphatic carbocycles. The summed E-state index contributed by atoms with van der Waals surface area (Å²) in [6.07, 6.45) is 4.68. The lowest BCUT2D eigenvalue weighted by Gasteiger charge is -2.32. The van der Waals surface area contributed by atoms with Crippen LogP contribution in [0.5, 0.6) is 5.75 Å². The van der Waals surface area contributed by atoms with Crippen LogP contribution in [-0.2, 0) is 16.1 Å². The van der Waals surface area contributed by atoms with Crippen LogP contribution in [-0.4, -0.2) is 33.7 Å². The van der Waals surface area contributed by atoms with Crippen molar-refractivity contribution < 1.29 is 14.3 Å². The summed E-state index contributed by atoms with van der Waals surface area (Å²) in [7, 11) is 0. The summed E-state index contributed by atoms with van der Waals surface area (Å²) in [4.78, 5) is 32.8. The van der Waals surface area contributed by atoms with E-state index in [1.165, 1.54) is 24.6 Å². The molecule has 0 aromatic heterocycles. The van der Waals surface area contributed by atoms with E-state index in [9.17, 15) is 9.59 Å². The third-order valence-electron chi connectivity index (χ3n) is 6.06. The maximum Gasteiger partial charge on any atom is 0.238 e. The Morgan fingerprint density at radius 1 is 1.03 bits per heavy atom. The van der Waals surface area contributed by atoms with Gasteiger partial charge in [0.25, 0.3) is 0 Å². The number of amidine groups is 1. The predicted molar refractivity (Wildman–Crippen MR) is 156 cm³/mol. The molecule has 1 saturated heterocycles. The molecule has 1 N–H and O–H groups in total. The normalized spacial score (nSPS) is 16.5. The number of benzene rings is 3. The lowest BCUT2D eigenvalue weighted by atomic mass is 10.2. The zero-order valence-electron chi connectivity index (χ0n) is 21.4.